The molecule has 2 heterocycles. The highest BCUT2D eigenvalue weighted by molar-refractivity contribution is 7.13. The maximum atomic E-state index is 12.3. The van der Waals surface area contributed by atoms with Gasteiger partial charge in [-0.05, 0) is 36.9 Å². The van der Waals surface area contributed by atoms with Gasteiger partial charge in [-0.3, -0.25) is 4.79 Å². The quantitative estimate of drug-likeness (QED) is 0.812. The number of hydrogen-bond acceptors (Lipinski definition) is 5. The fourth-order valence-corrected chi connectivity index (χ4v) is 4.03. The second-order valence-corrected chi connectivity index (χ2v) is 7.20. The topological polar surface area (TPSA) is 81.2 Å². The lowest BCUT2D eigenvalue weighted by Crippen LogP contribution is -2.38. The molecule has 0 atom stereocenters. The molecular formula is C17H24ClN3O2S. The molecule has 2 aromatic rings. The Hall–Kier alpha value is -1.37. The molecule has 3 N–H and O–H groups in total. The minimum Gasteiger partial charge on any atom is -0.462 e. The van der Waals surface area contributed by atoms with E-state index in [-0.39, 0.29) is 23.7 Å². The van der Waals surface area contributed by atoms with Crippen LogP contribution in [0, 0.1) is 5.41 Å². The average molecular weight is 370 g/mol. The van der Waals surface area contributed by atoms with E-state index in [0.717, 1.165) is 29.3 Å². The van der Waals surface area contributed by atoms with Crippen LogP contribution in [0.4, 0.5) is 0 Å². The molecule has 2 aromatic heterocycles. The lowest BCUT2D eigenvalue weighted by atomic mass is 9.71. The van der Waals surface area contributed by atoms with Crippen molar-refractivity contribution in [1.82, 2.24) is 10.3 Å². The van der Waals surface area contributed by atoms with Crippen molar-refractivity contribution < 1.29 is 9.21 Å². The van der Waals surface area contributed by atoms with Crippen LogP contribution in [-0.4, -0.2) is 17.4 Å². The summed E-state index contributed by atoms with van der Waals surface area (Å²) >= 11 is 1.52. The Labute approximate surface area is 152 Å². The van der Waals surface area contributed by atoms with Gasteiger partial charge in [0.1, 0.15) is 0 Å². The Kier molecular flexibility index (Phi) is 6.83. The number of rotatable bonds is 6. The van der Waals surface area contributed by atoms with Crippen LogP contribution in [0.1, 0.15) is 44.2 Å². The Morgan fingerprint density at radius 1 is 1.38 bits per heavy atom. The van der Waals surface area contributed by atoms with Crippen molar-refractivity contribution in [3.63, 3.8) is 0 Å². The summed E-state index contributed by atoms with van der Waals surface area (Å²) in [4.78, 5) is 16.8. The molecule has 0 aromatic carbocycles. The normalized spacial score (nSPS) is 16.4. The van der Waals surface area contributed by atoms with E-state index in [0.29, 0.717) is 19.5 Å². The van der Waals surface area contributed by atoms with Gasteiger partial charge in [-0.15, -0.1) is 23.7 Å². The summed E-state index contributed by atoms with van der Waals surface area (Å²) in [6, 6.07) is 3.73. The molecule has 1 aliphatic carbocycles. The fraction of sp³-hybridized carbons (Fsp3) is 0.529. The zero-order chi connectivity index (χ0) is 16.1. The lowest BCUT2D eigenvalue weighted by molar-refractivity contribution is -0.124. The SMILES string of the molecule is Cl.NCC1(CC(=O)NCc2csc(-c3ccco3)n2)CCCCC1. The van der Waals surface area contributed by atoms with E-state index in [2.05, 4.69) is 10.3 Å². The Balaban J connectivity index is 0.00000208. The highest BCUT2D eigenvalue weighted by atomic mass is 35.5. The number of thiazole rings is 1. The Bertz CT molecular complexity index is 636. The monoisotopic (exact) mass is 369 g/mol. The largest absolute Gasteiger partial charge is 0.462 e. The highest BCUT2D eigenvalue weighted by Gasteiger charge is 2.32. The van der Waals surface area contributed by atoms with Crippen molar-refractivity contribution in [2.24, 2.45) is 11.1 Å². The van der Waals surface area contributed by atoms with Crippen molar-refractivity contribution in [2.45, 2.75) is 45.1 Å². The van der Waals surface area contributed by atoms with Crippen LogP contribution in [0.2, 0.25) is 0 Å². The number of nitrogens with zero attached hydrogens (tertiary/aromatic N) is 1. The number of nitrogens with one attached hydrogen (secondary N) is 1. The van der Waals surface area contributed by atoms with Crippen molar-refractivity contribution in [2.75, 3.05) is 6.54 Å². The first-order chi connectivity index (χ1) is 11.2. The molecule has 24 heavy (non-hydrogen) atoms. The molecular weight excluding hydrogens is 346 g/mol. The number of amides is 1. The third-order valence-corrected chi connectivity index (χ3v) is 5.54. The lowest BCUT2D eigenvalue weighted by Gasteiger charge is -2.35. The van der Waals surface area contributed by atoms with Crippen LogP contribution in [0.5, 0.6) is 0 Å². The average Bonchev–Trinajstić information content (AvgIpc) is 3.25. The molecule has 3 rings (SSSR count). The standard InChI is InChI=1S/C17H23N3O2S.ClH/c18-12-17(6-2-1-3-7-17)9-15(21)19-10-13-11-23-16(20-13)14-5-4-8-22-14;/h4-5,8,11H,1-3,6-7,9-10,12,18H2,(H,19,21);1H. The molecule has 0 unspecified atom stereocenters. The van der Waals surface area contributed by atoms with E-state index in [9.17, 15) is 4.79 Å². The van der Waals surface area contributed by atoms with Crippen molar-refractivity contribution in [3.05, 3.63) is 29.5 Å². The van der Waals surface area contributed by atoms with Crippen molar-refractivity contribution in [1.29, 1.82) is 0 Å². The summed E-state index contributed by atoms with van der Waals surface area (Å²) < 4.78 is 5.33. The number of carbonyl (C=O) groups is 1. The van der Waals surface area contributed by atoms with Gasteiger partial charge in [0.25, 0.3) is 0 Å². The number of hydrogen-bond donors (Lipinski definition) is 2. The predicted molar refractivity (Wildman–Crippen MR) is 98.1 cm³/mol. The van der Waals surface area contributed by atoms with Crippen LogP contribution in [0.25, 0.3) is 10.8 Å². The van der Waals surface area contributed by atoms with E-state index in [4.69, 9.17) is 10.2 Å². The van der Waals surface area contributed by atoms with Crippen LogP contribution >= 0.6 is 23.7 Å². The second-order valence-electron chi connectivity index (χ2n) is 6.34. The summed E-state index contributed by atoms with van der Waals surface area (Å²) in [6.07, 6.45) is 7.92. The van der Waals surface area contributed by atoms with Crippen LogP contribution in [-0.2, 0) is 11.3 Å². The number of aromatic nitrogens is 1. The molecule has 1 saturated carbocycles. The summed E-state index contributed by atoms with van der Waals surface area (Å²) in [5.74, 6) is 0.835. The molecule has 1 amide bonds. The zero-order valence-corrected chi connectivity index (χ0v) is 15.3. The van der Waals surface area contributed by atoms with Gasteiger partial charge >= 0.3 is 0 Å². The first-order valence-corrected chi connectivity index (χ1v) is 9.04. The maximum absolute atomic E-state index is 12.3. The maximum Gasteiger partial charge on any atom is 0.220 e. The summed E-state index contributed by atoms with van der Waals surface area (Å²) in [5.41, 5.74) is 6.82. The van der Waals surface area contributed by atoms with Gasteiger partial charge in [0, 0.05) is 11.8 Å². The summed E-state index contributed by atoms with van der Waals surface area (Å²) in [7, 11) is 0. The summed E-state index contributed by atoms with van der Waals surface area (Å²) in [5, 5.41) is 5.78. The number of carbonyl (C=O) groups excluding carboxylic acids is 1. The van der Waals surface area contributed by atoms with Crippen molar-refractivity contribution in [3.8, 4) is 10.8 Å². The van der Waals surface area contributed by atoms with Gasteiger partial charge in [0.15, 0.2) is 10.8 Å². The van der Waals surface area contributed by atoms with Gasteiger partial charge in [-0.1, -0.05) is 19.3 Å². The van der Waals surface area contributed by atoms with E-state index in [1.165, 1.54) is 30.6 Å². The zero-order valence-electron chi connectivity index (χ0n) is 13.6. The minimum atomic E-state index is 0. The molecule has 0 bridgehead atoms. The molecule has 0 spiro atoms. The van der Waals surface area contributed by atoms with Gasteiger partial charge in [0.05, 0.1) is 18.5 Å². The van der Waals surface area contributed by atoms with Gasteiger partial charge in [-0.2, -0.15) is 0 Å². The molecule has 0 saturated heterocycles. The molecule has 1 aliphatic rings. The van der Waals surface area contributed by atoms with E-state index in [1.807, 2.05) is 17.5 Å². The first kappa shape index (κ1) is 19.0. The Morgan fingerprint density at radius 3 is 2.83 bits per heavy atom. The molecule has 5 nitrogen and oxygen atoms in total. The van der Waals surface area contributed by atoms with E-state index >= 15 is 0 Å². The molecule has 7 heteroatoms. The smallest absolute Gasteiger partial charge is 0.220 e. The van der Waals surface area contributed by atoms with Crippen LogP contribution in [0.15, 0.2) is 28.2 Å². The number of halogens is 1. The Morgan fingerprint density at radius 2 is 2.17 bits per heavy atom. The van der Waals surface area contributed by atoms with Gasteiger partial charge in [-0.25, -0.2) is 4.98 Å². The van der Waals surface area contributed by atoms with E-state index < -0.39 is 0 Å². The highest BCUT2D eigenvalue weighted by Crippen LogP contribution is 2.38. The number of furan rings is 1. The van der Waals surface area contributed by atoms with Gasteiger partial charge in [0.2, 0.25) is 5.91 Å². The van der Waals surface area contributed by atoms with E-state index in [1.54, 1.807) is 6.26 Å². The van der Waals surface area contributed by atoms with Crippen molar-refractivity contribution >= 4 is 29.7 Å². The first-order valence-electron chi connectivity index (χ1n) is 8.16. The van der Waals surface area contributed by atoms with Crippen LogP contribution < -0.4 is 11.1 Å². The molecule has 0 aliphatic heterocycles. The van der Waals surface area contributed by atoms with Gasteiger partial charge < -0.3 is 15.5 Å². The summed E-state index contributed by atoms with van der Waals surface area (Å²) in [6.45, 7) is 1.05. The molecule has 1 fully saturated rings. The number of nitrogens with two attached hydrogens (primary N) is 1. The fourth-order valence-electron chi connectivity index (χ4n) is 3.25. The third-order valence-electron chi connectivity index (χ3n) is 4.63. The third kappa shape index (κ3) is 4.59. The second kappa shape index (κ2) is 8.65. The minimum absolute atomic E-state index is 0. The molecule has 132 valence electrons. The molecule has 0 radical (unpaired) electrons. The van der Waals surface area contributed by atoms with Crippen LogP contribution in [0.3, 0.4) is 0 Å². The predicted octanol–water partition coefficient (Wildman–Crippen LogP) is 3.74.